The van der Waals surface area contributed by atoms with Crippen molar-refractivity contribution in [1.29, 1.82) is 0 Å². The number of pyridine rings is 1. The third kappa shape index (κ3) is 3.77. The minimum absolute atomic E-state index is 0.139. The van der Waals surface area contributed by atoms with E-state index in [9.17, 15) is 4.79 Å². The monoisotopic (exact) mass is 262 g/mol. The smallest absolute Gasteiger partial charge is 0.354 e. The van der Waals surface area contributed by atoms with Crippen LogP contribution in [0.2, 0.25) is 0 Å². The molecule has 2 heterocycles. The quantitative estimate of drug-likeness (QED) is 0.906. The van der Waals surface area contributed by atoms with E-state index in [1.807, 2.05) is 6.07 Å². The molecule has 4 heteroatoms. The number of hydrogen-bond acceptors (Lipinski definition) is 3. The van der Waals surface area contributed by atoms with Gasteiger partial charge in [-0.2, -0.15) is 0 Å². The average Bonchev–Trinajstić information content (AvgIpc) is 2.64. The molecule has 0 radical (unpaired) electrons. The van der Waals surface area contributed by atoms with Gasteiger partial charge in [0.1, 0.15) is 5.69 Å². The summed E-state index contributed by atoms with van der Waals surface area (Å²) >= 11 is 0. The molecule has 4 nitrogen and oxygen atoms in total. The third-order valence-corrected chi connectivity index (χ3v) is 3.90. The van der Waals surface area contributed by atoms with Gasteiger partial charge in [0.05, 0.1) is 0 Å². The molecule has 19 heavy (non-hydrogen) atoms. The first kappa shape index (κ1) is 14.0. The van der Waals surface area contributed by atoms with Gasteiger partial charge in [-0.1, -0.05) is 19.8 Å². The number of carboxylic acid groups (broad SMARTS) is 1. The SMILES string of the molecule is CCC1CCCCCN1Cc1ccnc(C(=O)O)c1. The summed E-state index contributed by atoms with van der Waals surface area (Å²) in [5.41, 5.74) is 1.19. The first-order valence-electron chi connectivity index (χ1n) is 7.13. The normalized spacial score (nSPS) is 21.0. The molecule has 1 aromatic heterocycles. The maximum absolute atomic E-state index is 10.9. The predicted molar refractivity (Wildman–Crippen MR) is 74.2 cm³/mol. The Morgan fingerprint density at radius 1 is 1.47 bits per heavy atom. The van der Waals surface area contributed by atoms with Gasteiger partial charge in [0.25, 0.3) is 0 Å². The second-order valence-corrected chi connectivity index (χ2v) is 5.24. The molecule has 1 saturated heterocycles. The van der Waals surface area contributed by atoms with Crippen LogP contribution in [0.15, 0.2) is 18.3 Å². The second-order valence-electron chi connectivity index (χ2n) is 5.24. The molecule has 0 spiro atoms. The van der Waals surface area contributed by atoms with E-state index in [1.165, 1.54) is 25.7 Å². The van der Waals surface area contributed by atoms with Gasteiger partial charge in [0, 0.05) is 18.8 Å². The molecule has 1 fully saturated rings. The molecule has 0 aromatic carbocycles. The van der Waals surface area contributed by atoms with Gasteiger partial charge in [-0.3, -0.25) is 4.90 Å². The molecule has 0 amide bonds. The fourth-order valence-corrected chi connectivity index (χ4v) is 2.83. The highest BCUT2D eigenvalue weighted by Gasteiger charge is 2.19. The van der Waals surface area contributed by atoms with Crippen LogP contribution in [0.5, 0.6) is 0 Å². The van der Waals surface area contributed by atoms with Crippen LogP contribution in [-0.2, 0) is 6.54 Å². The summed E-state index contributed by atoms with van der Waals surface area (Å²) in [5, 5.41) is 8.98. The van der Waals surface area contributed by atoms with Gasteiger partial charge in [-0.15, -0.1) is 0 Å². The first-order valence-corrected chi connectivity index (χ1v) is 7.13. The van der Waals surface area contributed by atoms with Crippen LogP contribution < -0.4 is 0 Å². The van der Waals surface area contributed by atoms with E-state index < -0.39 is 5.97 Å². The van der Waals surface area contributed by atoms with Crippen molar-refractivity contribution in [2.75, 3.05) is 6.54 Å². The number of aromatic carboxylic acids is 1. The van der Waals surface area contributed by atoms with Crippen molar-refractivity contribution in [2.45, 2.75) is 51.6 Å². The van der Waals surface area contributed by atoms with Crippen LogP contribution in [0.25, 0.3) is 0 Å². The summed E-state index contributed by atoms with van der Waals surface area (Å²) in [6.07, 6.45) is 7.88. The number of likely N-dealkylation sites (tertiary alicyclic amines) is 1. The Hall–Kier alpha value is -1.42. The number of carbonyl (C=O) groups is 1. The lowest BCUT2D eigenvalue weighted by Crippen LogP contribution is -2.33. The standard InChI is InChI=1S/C15H22N2O2/c1-2-13-6-4-3-5-9-17(13)11-12-7-8-16-14(10-12)15(18)19/h7-8,10,13H,2-6,9,11H2,1H3,(H,18,19). The van der Waals surface area contributed by atoms with E-state index in [-0.39, 0.29) is 5.69 Å². The van der Waals surface area contributed by atoms with E-state index in [0.717, 1.165) is 25.1 Å². The number of nitrogens with zero attached hydrogens (tertiary/aromatic N) is 2. The highest BCUT2D eigenvalue weighted by Crippen LogP contribution is 2.21. The summed E-state index contributed by atoms with van der Waals surface area (Å²) in [4.78, 5) is 17.3. The molecular formula is C15H22N2O2. The lowest BCUT2D eigenvalue weighted by molar-refractivity contribution is 0.0690. The second kappa shape index (κ2) is 6.66. The van der Waals surface area contributed by atoms with E-state index >= 15 is 0 Å². The maximum Gasteiger partial charge on any atom is 0.354 e. The summed E-state index contributed by atoms with van der Waals surface area (Å²) in [7, 11) is 0. The Morgan fingerprint density at radius 3 is 3.05 bits per heavy atom. The molecule has 104 valence electrons. The molecule has 1 aromatic rings. The number of carboxylic acids is 1. The largest absolute Gasteiger partial charge is 0.477 e. The fraction of sp³-hybridized carbons (Fsp3) is 0.600. The third-order valence-electron chi connectivity index (χ3n) is 3.90. The summed E-state index contributed by atoms with van der Waals surface area (Å²) in [5.74, 6) is -0.954. The van der Waals surface area contributed by atoms with Crippen molar-refractivity contribution in [1.82, 2.24) is 9.88 Å². The molecule has 1 aliphatic heterocycles. The minimum Gasteiger partial charge on any atom is -0.477 e. The van der Waals surface area contributed by atoms with Gasteiger partial charge in [-0.25, -0.2) is 9.78 Å². The Morgan fingerprint density at radius 2 is 2.32 bits per heavy atom. The van der Waals surface area contributed by atoms with E-state index in [1.54, 1.807) is 12.3 Å². The van der Waals surface area contributed by atoms with Crippen molar-refractivity contribution >= 4 is 5.97 Å². The Bertz CT molecular complexity index is 434. The van der Waals surface area contributed by atoms with Crippen LogP contribution in [0, 0.1) is 0 Å². The zero-order chi connectivity index (χ0) is 13.7. The van der Waals surface area contributed by atoms with Crippen LogP contribution in [-0.4, -0.2) is 33.5 Å². The molecule has 1 unspecified atom stereocenters. The molecule has 0 bridgehead atoms. The molecule has 2 rings (SSSR count). The van der Waals surface area contributed by atoms with Crippen molar-refractivity contribution in [3.63, 3.8) is 0 Å². The average molecular weight is 262 g/mol. The minimum atomic E-state index is -0.954. The number of rotatable bonds is 4. The van der Waals surface area contributed by atoms with Crippen molar-refractivity contribution in [2.24, 2.45) is 0 Å². The lowest BCUT2D eigenvalue weighted by Gasteiger charge is -2.29. The van der Waals surface area contributed by atoms with Gasteiger partial charge in [0.2, 0.25) is 0 Å². The van der Waals surface area contributed by atoms with E-state index in [4.69, 9.17) is 5.11 Å². The van der Waals surface area contributed by atoms with Gasteiger partial charge in [-0.05, 0) is 43.5 Å². The first-order chi connectivity index (χ1) is 9.20. The van der Waals surface area contributed by atoms with Gasteiger partial charge < -0.3 is 5.11 Å². The predicted octanol–water partition coefficient (Wildman–Crippen LogP) is 2.93. The topological polar surface area (TPSA) is 53.4 Å². The highest BCUT2D eigenvalue weighted by molar-refractivity contribution is 5.85. The van der Waals surface area contributed by atoms with Crippen LogP contribution in [0.1, 0.15) is 55.1 Å². The van der Waals surface area contributed by atoms with Gasteiger partial charge >= 0.3 is 5.97 Å². The van der Waals surface area contributed by atoms with E-state index in [2.05, 4.69) is 16.8 Å². The molecule has 1 atom stereocenters. The van der Waals surface area contributed by atoms with E-state index in [0.29, 0.717) is 6.04 Å². The van der Waals surface area contributed by atoms with Crippen LogP contribution in [0.3, 0.4) is 0 Å². The molecule has 1 aliphatic rings. The molecule has 0 saturated carbocycles. The molecular weight excluding hydrogens is 240 g/mol. The zero-order valence-electron chi connectivity index (χ0n) is 11.5. The van der Waals surface area contributed by atoms with Gasteiger partial charge in [0.15, 0.2) is 0 Å². The van der Waals surface area contributed by atoms with Crippen LogP contribution in [0.4, 0.5) is 0 Å². The highest BCUT2D eigenvalue weighted by atomic mass is 16.4. The van der Waals surface area contributed by atoms with Crippen molar-refractivity contribution in [3.8, 4) is 0 Å². The van der Waals surface area contributed by atoms with Crippen molar-refractivity contribution < 1.29 is 9.90 Å². The number of aromatic nitrogens is 1. The number of hydrogen-bond donors (Lipinski definition) is 1. The summed E-state index contributed by atoms with van der Waals surface area (Å²) < 4.78 is 0. The fourth-order valence-electron chi connectivity index (χ4n) is 2.83. The molecule has 1 N–H and O–H groups in total. The van der Waals surface area contributed by atoms with Crippen LogP contribution >= 0.6 is 0 Å². The summed E-state index contributed by atoms with van der Waals surface area (Å²) in [6.45, 7) is 4.18. The molecule has 0 aliphatic carbocycles. The Kier molecular flexibility index (Phi) is 4.91. The summed E-state index contributed by atoms with van der Waals surface area (Å²) in [6, 6.07) is 4.24. The van der Waals surface area contributed by atoms with Crippen molar-refractivity contribution in [3.05, 3.63) is 29.6 Å². The Balaban J connectivity index is 2.09. The zero-order valence-corrected chi connectivity index (χ0v) is 11.5. The maximum atomic E-state index is 10.9. The Labute approximate surface area is 114 Å². The lowest BCUT2D eigenvalue weighted by atomic mass is 10.1.